The molecule has 0 aliphatic rings. The molecule has 1 aromatic heterocycles. The standard InChI is InChI=1S/C15H11N3O/c19-10-13-12-8-4-5-9-14(12)16-15(13)18-17-11-6-2-1-3-7-11/h1-10,16H. The number of H-pyrrole nitrogens is 1. The van der Waals surface area contributed by atoms with Gasteiger partial charge in [-0.2, -0.15) is 0 Å². The molecule has 3 aromatic rings. The molecule has 0 amide bonds. The molecule has 1 heterocycles. The highest BCUT2D eigenvalue weighted by molar-refractivity contribution is 6.02. The fourth-order valence-electron chi connectivity index (χ4n) is 1.95. The van der Waals surface area contributed by atoms with E-state index in [1.807, 2.05) is 54.6 Å². The summed E-state index contributed by atoms with van der Waals surface area (Å²) in [5.41, 5.74) is 2.17. The van der Waals surface area contributed by atoms with Gasteiger partial charge in [0.05, 0.1) is 11.3 Å². The number of fused-ring (bicyclic) bond motifs is 1. The first-order valence-corrected chi connectivity index (χ1v) is 5.91. The molecule has 4 nitrogen and oxygen atoms in total. The van der Waals surface area contributed by atoms with Crippen LogP contribution in [-0.4, -0.2) is 11.3 Å². The topological polar surface area (TPSA) is 57.6 Å². The van der Waals surface area contributed by atoms with Crippen LogP contribution >= 0.6 is 0 Å². The highest BCUT2D eigenvalue weighted by Crippen LogP contribution is 2.27. The minimum Gasteiger partial charge on any atom is -0.338 e. The molecule has 0 atom stereocenters. The minimum absolute atomic E-state index is 0.486. The van der Waals surface area contributed by atoms with E-state index in [0.29, 0.717) is 11.4 Å². The lowest BCUT2D eigenvalue weighted by molar-refractivity contribution is 0.112. The van der Waals surface area contributed by atoms with Crippen molar-refractivity contribution < 1.29 is 4.79 Å². The Hall–Kier alpha value is -2.75. The van der Waals surface area contributed by atoms with Gasteiger partial charge in [-0.3, -0.25) is 4.79 Å². The van der Waals surface area contributed by atoms with Crippen LogP contribution < -0.4 is 0 Å². The second-order valence-corrected chi connectivity index (χ2v) is 4.09. The van der Waals surface area contributed by atoms with Gasteiger partial charge in [0, 0.05) is 10.9 Å². The third-order valence-electron chi connectivity index (χ3n) is 2.86. The lowest BCUT2D eigenvalue weighted by atomic mass is 10.2. The first-order chi connectivity index (χ1) is 9.38. The van der Waals surface area contributed by atoms with Gasteiger partial charge in [0.25, 0.3) is 0 Å². The predicted octanol–water partition coefficient (Wildman–Crippen LogP) is 4.40. The van der Waals surface area contributed by atoms with Crippen molar-refractivity contribution in [3.05, 3.63) is 60.2 Å². The van der Waals surface area contributed by atoms with Crippen molar-refractivity contribution in [1.82, 2.24) is 4.98 Å². The van der Waals surface area contributed by atoms with Gasteiger partial charge in [0.2, 0.25) is 0 Å². The van der Waals surface area contributed by atoms with Crippen LogP contribution in [0.15, 0.2) is 64.8 Å². The van der Waals surface area contributed by atoms with Crippen molar-refractivity contribution in [2.24, 2.45) is 10.2 Å². The lowest BCUT2D eigenvalue weighted by Crippen LogP contribution is -1.75. The van der Waals surface area contributed by atoms with Gasteiger partial charge in [0.1, 0.15) is 0 Å². The molecule has 3 rings (SSSR count). The normalized spacial score (nSPS) is 11.2. The number of rotatable bonds is 3. The van der Waals surface area contributed by atoms with E-state index in [2.05, 4.69) is 15.2 Å². The Morgan fingerprint density at radius 3 is 2.42 bits per heavy atom. The molecule has 4 heteroatoms. The SMILES string of the molecule is O=Cc1c(N=Nc2ccccc2)[nH]c2ccccc12. The van der Waals surface area contributed by atoms with E-state index in [1.54, 1.807) is 0 Å². The maximum atomic E-state index is 11.2. The minimum atomic E-state index is 0.486. The molecule has 19 heavy (non-hydrogen) atoms. The van der Waals surface area contributed by atoms with E-state index >= 15 is 0 Å². The number of azo groups is 1. The molecule has 0 spiro atoms. The summed E-state index contributed by atoms with van der Waals surface area (Å²) in [6.07, 6.45) is 0.804. The molecule has 0 fully saturated rings. The summed E-state index contributed by atoms with van der Waals surface area (Å²) < 4.78 is 0. The largest absolute Gasteiger partial charge is 0.338 e. The molecule has 2 aromatic carbocycles. The van der Waals surface area contributed by atoms with Crippen LogP contribution in [0.4, 0.5) is 11.5 Å². The molecule has 0 bridgehead atoms. The Balaban J connectivity index is 2.06. The number of aldehydes is 1. The quantitative estimate of drug-likeness (QED) is 0.543. The number of aromatic nitrogens is 1. The van der Waals surface area contributed by atoms with Gasteiger partial charge in [0.15, 0.2) is 12.1 Å². The summed E-state index contributed by atoms with van der Waals surface area (Å²) in [4.78, 5) is 14.3. The molecule has 0 saturated heterocycles. The number of nitrogens with one attached hydrogen (secondary N) is 1. The van der Waals surface area contributed by atoms with Crippen molar-refractivity contribution in [2.75, 3.05) is 0 Å². The van der Waals surface area contributed by atoms with Crippen molar-refractivity contribution in [2.45, 2.75) is 0 Å². The van der Waals surface area contributed by atoms with Gasteiger partial charge in [-0.05, 0) is 18.2 Å². The average Bonchev–Trinajstić information content (AvgIpc) is 2.83. The smallest absolute Gasteiger partial charge is 0.164 e. The van der Waals surface area contributed by atoms with E-state index in [-0.39, 0.29) is 0 Å². The molecule has 1 N–H and O–H groups in total. The van der Waals surface area contributed by atoms with Crippen LogP contribution in [0.1, 0.15) is 10.4 Å². The second kappa shape index (κ2) is 4.86. The molecule has 0 unspecified atom stereocenters. The molecular weight excluding hydrogens is 238 g/mol. The molecule has 92 valence electrons. The zero-order valence-electron chi connectivity index (χ0n) is 10.1. The molecule has 0 radical (unpaired) electrons. The Kier molecular flexibility index (Phi) is 2.90. The first kappa shape index (κ1) is 11.3. The van der Waals surface area contributed by atoms with Crippen LogP contribution in [-0.2, 0) is 0 Å². The van der Waals surface area contributed by atoms with Crippen molar-refractivity contribution in [3.8, 4) is 0 Å². The molecular formula is C15H11N3O. The Morgan fingerprint density at radius 1 is 0.895 bits per heavy atom. The lowest BCUT2D eigenvalue weighted by Gasteiger charge is -1.91. The Bertz CT molecular complexity index is 744. The fraction of sp³-hybridized carbons (Fsp3) is 0. The van der Waals surface area contributed by atoms with E-state index < -0.39 is 0 Å². The number of carbonyl (C=O) groups is 1. The monoisotopic (exact) mass is 249 g/mol. The number of benzene rings is 2. The third kappa shape index (κ3) is 2.15. The highest BCUT2D eigenvalue weighted by atomic mass is 16.1. The number of carbonyl (C=O) groups excluding carboxylic acids is 1. The van der Waals surface area contributed by atoms with E-state index in [1.165, 1.54) is 0 Å². The summed E-state index contributed by atoms with van der Waals surface area (Å²) in [6.45, 7) is 0. The summed E-state index contributed by atoms with van der Waals surface area (Å²) in [5.74, 6) is 0.486. The van der Waals surface area contributed by atoms with Crippen molar-refractivity contribution >= 4 is 28.7 Å². The van der Waals surface area contributed by atoms with Crippen LogP contribution in [0.5, 0.6) is 0 Å². The van der Waals surface area contributed by atoms with Gasteiger partial charge in [-0.15, -0.1) is 10.2 Å². The third-order valence-corrected chi connectivity index (χ3v) is 2.86. The maximum Gasteiger partial charge on any atom is 0.164 e. The highest BCUT2D eigenvalue weighted by Gasteiger charge is 2.09. The van der Waals surface area contributed by atoms with Gasteiger partial charge in [-0.25, -0.2) is 0 Å². The van der Waals surface area contributed by atoms with Crippen molar-refractivity contribution in [1.29, 1.82) is 0 Å². The van der Waals surface area contributed by atoms with Crippen LogP contribution in [0.2, 0.25) is 0 Å². The maximum absolute atomic E-state index is 11.2. The number of hydrogen-bond donors (Lipinski definition) is 1. The Labute approximate surface area is 109 Å². The zero-order valence-corrected chi connectivity index (χ0v) is 10.1. The summed E-state index contributed by atoms with van der Waals surface area (Å²) in [5, 5.41) is 9.10. The predicted molar refractivity (Wildman–Crippen MR) is 74.3 cm³/mol. The Morgan fingerprint density at radius 2 is 1.63 bits per heavy atom. The molecule has 0 aliphatic carbocycles. The fourth-order valence-corrected chi connectivity index (χ4v) is 1.95. The average molecular weight is 249 g/mol. The van der Waals surface area contributed by atoms with Gasteiger partial charge in [-0.1, -0.05) is 36.4 Å². The number of aromatic amines is 1. The number of nitrogens with zero attached hydrogens (tertiary/aromatic N) is 2. The van der Waals surface area contributed by atoms with E-state index in [0.717, 1.165) is 22.9 Å². The van der Waals surface area contributed by atoms with Crippen LogP contribution in [0.25, 0.3) is 10.9 Å². The zero-order chi connectivity index (χ0) is 13.1. The van der Waals surface area contributed by atoms with Crippen LogP contribution in [0, 0.1) is 0 Å². The summed E-state index contributed by atoms with van der Waals surface area (Å²) in [6, 6.07) is 17.0. The second-order valence-electron chi connectivity index (χ2n) is 4.09. The van der Waals surface area contributed by atoms with Crippen molar-refractivity contribution in [3.63, 3.8) is 0 Å². The summed E-state index contributed by atoms with van der Waals surface area (Å²) >= 11 is 0. The van der Waals surface area contributed by atoms with Gasteiger partial charge >= 0.3 is 0 Å². The van der Waals surface area contributed by atoms with Crippen LogP contribution in [0.3, 0.4) is 0 Å². The number of hydrogen-bond acceptors (Lipinski definition) is 3. The van der Waals surface area contributed by atoms with E-state index in [4.69, 9.17) is 0 Å². The van der Waals surface area contributed by atoms with E-state index in [9.17, 15) is 4.79 Å². The van der Waals surface area contributed by atoms with Gasteiger partial charge < -0.3 is 4.98 Å². The molecule has 0 aliphatic heterocycles. The first-order valence-electron chi connectivity index (χ1n) is 5.91. The molecule has 0 saturated carbocycles. The number of para-hydroxylation sites is 1. The summed E-state index contributed by atoms with van der Waals surface area (Å²) in [7, 11) is 0.